The Balaban J connectivity index is 1.94. The summed E-state index contributed by atoms with van der Waals surface area (Å²) in [6.07, 6.45) is -3.58. The van der Waals surface area contributed by atoms with Gasteiger partial charge in [0.2, 0.25) is 0 Å². The predicted octanol–water partition coefficient (Wildman–Crippen LogP) is 4.53. The number of nitrogens with one attached hydrogen (secondary N) is 1. The van der Waals surface area contributed by atoms with Crippen molar-refractivity contribution in [2.24, 2.45) is 5.41 Å². The van der Waals surface area contributed by atoms with Crippen molar-refractivity contribution in [1.29, 1.82) is 0 Å². The lowest BCUT2D eigenvalue weighted by atomic mass is 9.88. The number of hydrogen-bond acceptors (Lipinski definition) is 3. The molecule has 0 saturated carbocycles. The van der Waals surface area contributed by atoms with Gasteiger partial charge in [-0.15, -0.1) is 13.2 Å². The first-order valence-corrected chi connectivity index (χ1v) is 7.59. The summed E-state index contributed by atoms with van der Waals surface area (Å²) in [5, 5.41) is 3.37. The van der Waals surface area contributed by atoms with Crippen molar-refractivity contribution in [2.75, 3.05) is 16.8 Å². The summed E-state index contributed by atoms with van der Waals surface area (Å²) in [7, 11) is 0. The molecule has 1 aliphatic rings. The molecule has 0 aliphatic carbocycles. The van der Waals surface area contributed by atoms with Crippen molar-refractivity contribution in [1.82, 2.24) is 0 Å². The van der Waals surface area contributed by atoms with E-state index < -0.39 is 6.36 Å². The average Bonchev–Trinajstić information content (AvgIpc) is 2.28. The van der Waals surface area contributed by atoms with Gasteiger partial charge >= 0.3 is 6.36 Å². The molecule has 1 aliphatic heterocycles. The summed E-state index contributed by atoms with van der Waals surface area (Å²) < 4.78 is 40.0. The Morgan fingerprint density at radius 2 is 1.90 bits per heavy atom. The first-order chi connectivity index (χ1) is 9.23. The molecule has 1 heterocycles. The van der Waals surface area contributed by atoms with Crippen LogP contribution in [0.15, 0.2) is 24.3 Å². The summed E-state index contributed by atoms with van der Waals surface area (Å²) in [6.45, 7) is 4.46. The SMILES string of the molecule is CC1(C)CSCC(Nc2ccc(OC(F)(F)F)cc2)C1. The van der Waals surface area contributed by atoms with Crippen LogP contribution in [0.3, 0.4) is 0 Å². The summed E-state index contributed by atoms with van der Waals surface area (Å²) in [5.41, 5.74) is 1.11. The Bertz CT molecular complexity index is 445. The Kier molecular flexibility index (Phi) is 4.42. The standard InChI is InChI=1S/C14H18F3NOS/c1-13(2)7-11(8-20-9-13)18-10-3-5-12(6-4-10)19-14(15,16)17/h3-6,11,18H,7-9H2,1-2H3. The van der Waals surface area contributed by atoms with Crippen LogP contribution in [0.1, 0.15) is 20.3 Å². The highest BCUT2D eigenvalue weighted by molar-refractivity contribution is 7.99. The van der Waals surface area contributed by atoms with Gasteiger partial charge in [-0.1, -0.05) is 13.8 Å². The first-order valence-electron chi connectivity index (χ1n) is 6.44. The fourth-order valence-electron chi connectivity index (χ4n) is 2.34. The smallest absolute Gasteiger partial charge is 0.406 e. The number of benzene rings is 1. The Labute approximate surface area is 121 Å². The van der Waals surface area contributed by atoms with Crippen LogP contribution in [0.2, 0.25) is 0 Å². The molecule has 0 bridgehead atoms. The molecule has 1 saturated heterocycles. The molecule has 20 heavy (non-hydrogen) atoms. The Hall–Kier alpha value is -1.04. The zero-order chi connectivity index (χ0) is 14.8. The molecule has 1 N–H and O–H groups in total. The highest BCUT2D eigenvalue weighted by Gasteiger charge is 2.31. The molecule has 1 atom stereocenters. The minimum Gasteiger partial charge on any atom is -0.406 e. The van der Waals surface area contributed by atoms with Gasteiger partial charge < -0.3 is 10.1 Å². The molecule has 1 aromatic carbocycles. The third kappa shape index (κ3) is 4.81. The molecule has 0 amide bonds. The fourth-order valence-corrected chi connectivity index (χ4v) is 3.62. The Morgan fingerprint density at radius 3 is 2.45 bits per heavy atom. The van der Waals surface area contributed by atoms with Crippen LogP contribution in [0.4, 0.5) is 18.9 Å². The molecule has 6 heteroatoms. The van der Waals surface area contributed by atoms with Gasteiger partial charge in [-0.25, -0.2) is 0 Å². The van der Waals surface area contributed by atoms with E-state index in [-0.39, 0.29) is 5.75 Å². The zero-order valence-electron chi connectivity index (χ0n) is 11.5. The third-order valence-electron chi connectivity index (χ3n) is 3.07. The summed E-state index contributed by atoms with van der Waals surface area (Å²) in [5.74, 6) is 1.97. The molecule has 0 radical (unpaired) electrons. The molecule has 0 aromatic heterocycles. The number of anilines is 1. The maximum atomic E-state index is 12.1. The summed E-state index contributed by atoms with van der Waals surface area (Å²) in [6, 6.07) is 6.24. The second-order valence-electron chi connectivity index (χ2n) is 5.80. The van der Waals surface area contributed by atoms with Gasteiger partial charge in [0.15, 0.2) is 0 Å². The number of thioether (sulfide) groups is 1. The van der Waals surface area contributed by atoms with Gasteiger partial charge in [-0.3, -0.25) is 0 Å². The zero-order valence-corrected chi connectivity index (χ0v) is 12.3. The average molecular weight is 305 g/mol. The summed E-state index contributed by atoms with van der Waals surface area (Å²) >= 11 is 1.90. The maximum absolute atomic E-state index is 12.1. The van der Waals surface area contributed by atoms with Crippen molar-refractivity contribution in [3.8, 4) is 5.75 Å². The van der Waals surface area contributed by atoms with Gasteiger partial charge in [0.25, 0.3) is 0 Å². The van der Waals surface area contributed by atoms with E-state index in [4.69, 9.17) is 0 Å². The van der Waals surface area contributed by atoms with Crippen LogP contribution < -0.4 is 10.1 Å². The second kappa shape index (κ2) is 5.76. The van der Waals surface area contributed by atoms with E-state index in [9.17, 15) is 13.2 Å². The molecule has 1 aromatic rings. The number of alkyl halides is 3. The Morgan fingerprint density at radius 1 is 1.25 bits per heavy atom. The van der Waals surface area contributed by atoms with Crippen LogP contribution in [0.5, 0.6) is 5.75 Å². The normalized spacial score (nSPS) is 22.4. The van der Waals surface area contributed by atoms with Crippen LogP contribution in [-0.2, 0) is 0 Å². The van der Waals surface area contributed by atoms with Crippen LogP contribution in [-0.4, -0.2) is 23.9 Å². The lowest BCUT2D eigenvalue weighted by Gasteiger charge is -2.35. The number of hydrogen-bond donors (Lipinski definition) is 1. The predicted molar refractivity (Wildman–Crippen MR) is 76.3 cm³/mol. The van der Waals surface area contributed by atoms with Crippen molar-refractivity contribution < 1.29 is 17.9 Å². The van der Waals surface area contributed by atoms with E-state index in [0.29, 0.717) is 11.5 Å². The molecular formula is C14H18F3NOS. The topological polar surface area (TPSA) is 21.3 Å². The molecule has 2 nitrogen and oxygen atoms in total. The van der Waals surface area contributed by atoms with E-state index in [1.54, 1.807) is 12.1 Å². The minimum atomic E-state index is -4.64. The van der Waals surface area contributed by atoms with Gasteiger partial charge in [0.1, 0.15) is 5.75 Å². The van der Waals surface area contributed by atoms with Crippen molar-refractivity contribution in [2.45, 2.75) is 32.7 Å². The number of ether oxygens (including phenoxy) is 1. The number of rotatable bonds is 3. The van der Waals surface area contributed by atoms with Gasteiger partial charge in [-0.2, -0.15) is 11.8 Å². The van der Waals surface area contributed by atoms with E-state index in [2.05, 4.69) is 23.9 Å². The molecule has 112 valence electrons. The quantitative estimate of drug-likeness (QED) is 0.886. The molecular weight excluding hydrogens is 287 g/mol. The van der Waals surface area contributed by atoms with Gasteiger partial charge in [-0.05, 0) is 41.9 Å². The largest absolute Gasteiger partial charge is 0.573 e. The third-order valence-corrected chi connectivity index (χ3v) is 4.69. The van der Waals surface area contributed by atoms with Crippen molar-refractivity contribution in [3.63, 3.8) is 0 Å². The van der Waals surface area contributed by atoms with Crippen molar-refractivity contribution in [3.05, 3.63) is 24.3 Å². The molecule has 1 fully saturated rings. The molecule has 1 unspecified atom stereocenters. The number of halogens is 3. The van der Waals surface area contributed by atoms with E-state index in [1.165, 1.54) is 12.1 Å². The lowest BCUT2D eigenvalue weighted by Crippen LogP contribution is -2.35. The fraction of sp³-hybridized carbons (Fsp3) is 0.571. The minimum absolute atomic E-state index is 0.193. The second-order valence-corrected chi connectivity index (χ2v) is 6.83. The van der Waals surface area contributed by atoms with Crippen molar-refractivity contribution >= 4 is 17.4 Å². The monoisotopic (exact) mass is 305 g/mol. The van der Waals surface area contributed by atoms with E-state index in [0.717, 1.165) is 23.6 Å². The van der Waals surface area contributed by atoms with Crippen LogP contribution in [0.25, 0.3) is 0 Å². The van der Waals surface area contributed by atoms with Crippen LogP contribution >= 0.6 is 11.8 Å². The molecule has 0 spiro atoms. The molecule has 2 rings (SSSR count). The maximum Gasteiger partial charge on any atom is 0.573 e. The van der Waals surface area contributed by atoms with Crippen LogP contribution in [0, 0.1) is 5.41 Å². The van der Waals surface area contributed by atoms with Gasteiger partial charge in [0, 0.05) is 17.5 Å². The first kappa shape index (κ1) is 15.4. The summed E-state index contributed by atoms with van der Waals surface area (Å²) in [4.78, 5) is 0. The highest BCUT2D eigenvalue weighted by Crippen LogP contribution is 2.35. The van der Waals surface area contributed by atoms with Gasteiger partial charge in [0.05, 0.1) is 0 Å². The lowest BCUT2D eigenvalue weighted by molar-refractivity contribution is -0.274. The van der Waals surface area contributed by atoms with E-state index >= 15 is 0 Å². The highest BCUT2D eigenvalue weighted by atomic mass is 32.2. The van der Waals surface area contributed by atoms with E-state index in [1.807, 2.05) is 11.8 Å².